The van der Waals surface area contributed by atoms with Gasteiger partial charge in [0.05, 0.1) is 0 Å². The van der Waals surface area contributed by atoms with E-state index >= 15 is 0 Å². The summed E-state index contributed by atoms with van der Waals surface area (Å²) in [7, 11) is 0. The van der Waals surface area contributed by atoms with Gasteiger partial charge < -0.3 is 10.6 Å². The van der Waals surface area contributed by atoms with Gasteiger partial charge >= 0.3 is 0 Å². The first-order chi connectivity index (χ1) is 9.02. The van der Waals surface area contributed by atoms with Crippen LogP contribution in [0.2, 0.25) is 10.3 Å². The van der Waals surface area contributed by atoms with Crippen molar-refractivity contribution in [2.45, 2.75) is 6.92 Å². The lowest BCUT2D eigenvalue weighted by atomic mass is 10.3. The second-order valence-corrected chi connectivity index (χ2v) is 4.50. The third-order valence-electron chi connectivity index (χ3n) is 2.13. The summed E-state index contributed by atoms with van der Waals surface area (Å²) < 4.78 is 0. The topological polar surface area (TPSA) is 66.9 Å². The van der Waals surface area contributed by atoms with E-state index in [9.17, 15) is 4.79 Å². The molecule has 0 aliphatic carbocycles. The molecule has 0 aliphatic heterocycles. The van der Waals surface area contributed by atoms with Crippen molar-refractivity contribution in [3.63, 3.8) is 0 Å². The summed E-state index contributed by atoms with van der Waals surface area (Å²) in [6, 6.07) is 8.53. The molecule has 0 atom stereocenters. The zero-order valence-corrected chi connectivity index (χ0v) is 11.5. The molecule has 7 heteroatoms. The minimum absolute atomic E-state index is 0.120. The van der Waals surface area contributed by atoms with Crippen molar-refractivity contribution in [2.24, 2.45) is 0 Å². The molecule has 2 aromatic rings. The van der Waals surface area contributed by atoms with Gasteiger partial charge in [-0.25, -0.2) is 9.97 Å². The number of halogens is 2. The van der Waals surface area contributed by atoms with Crippen molar-refractivity contribution < 1.29 is 4.79 Å². The van der Waals surface area contributed by atoms with Crippen LogP contribution >= 0.6 is 23.2 Å². The van der Waals surface area contributed by atoms with Gasteiger partial charge in [-0.3, -0.25) is 4.79 Å². The first kappa shape index (κ1) is 13.6. The fraction of sp³-hybridized carbons (Fsp3) is 0.0833. The summed E-state index contributed by atoms with van der Waals surface area (Å²) >= 11 is 11.6. The summed E-state index contributed by atoms with van der Waals surface area (Å²) in [5.41, 5.74) is 1.47. The van der Waals surface area contributed by atoms with Gasteiger partial charge in [0.2, 0.25) is 11.9 Å². The SMILES string of the molecule is CC(=O)Nc1ccc(Nc2nc(Cl)cc(Cl)n2)cc1. The van der Waals surface area contributed by atoms with Crippen molar-refractivity contribution in [3.05, 3.63) is 40.6 Å². The Balaban J connectivity index is 2.12. The molecule has 1 aromatic carbocycles. The molecular formula is C12H10Cl2N4O. The molecule has 1 aromatic heterocycles. The number of hydrogen-bond donors (Lipinski definition) is 2. The van der Waals surface area contributed by atoms with Crippen molar-refractivity contribution in [1.29, 1.82) is 0 Å². The third-order valence-corrected chi connectivity index (χ3v) is 2.51. The Morgan fingerprint density at radius 1 is 1.05 bits per heavy atom. The summed E-state index contributed by atoms with van der Waals surface area (Å²) in [6.07, 6.45) is 0. The number of carbonyl (C=O) groups is 1. The van der Waals surface area contributed by atoms with Crippen LogP contribution in [0.3, 0.4) is 0 Å². The van der Waals surface area contributed by atoms with Crippen LogP contribution in [-0.2, 0) is 4.79 Å². The zero-order valence-electron chi connectivity index (χ0n) is 9.95. The van der Waals surface area contributed by atoms with Crippen LogP contribution in [0, 0.1) is 0 Å². The van der Waals surface area contributed by atoms with Crippen molar-refractivity contribution in [2.75, 3.05) is 10.6 Å². The Bertz CT molecular complexity index is 581. The smallest absolute Gasteiger partial charge is 0.230 e. The molecule has 0 fully saturated rings. The Morgan fingerprint density at radius 3 is 2.11 bits per heavy atom. The highest BCUT2D eigenvalue weighted by Gasteiger charge is 2.02. The second-order valence-electron chi connectivity index (χ2n) is 3.72. The molecule has 0 spiro atoms. The molecule has 2 N–H and O–H groups in total. The molecule has 0 bridgehead atoms. The van der Waals surface area contributed by atoms with E-state index in [4.69, 9.17) is 23.2 Å². The molecular weight excluding hydrogens is 287 g/mol. The van der Waals surface area contributed by atoms with E-state index in [1.165, 1.54) is 13.0 Å². The average molecular weight is 297 g/mol. The molecule has 0 aliphatic rings. The summed E-state index contributed by atoms with van der Waals surface area (Å²) in [6.45, 7) is 1.45. The molecule has 0 unspecified atom stereocenters. The Morgan fingerprint density at radius 2 is 1.58 bits per heavy atom. The van der Waals surface area contributed by atoms with Crippen LogP contribution in [0.4, 0.5) is 17.3 Å². The first-order valence-corrected chi connectivity index (χ1v) is 6.13. The first-order valence-electron chi connectivity index (χ1n) is 5.38. The standard InChI is InChI=1S/C12H10Cl2N4O/c1-7(19)15-8-2-4-9(5-3-8)16-12-17-10(13)6-11(14)18-12/h2-6H,1H3,(H,15,19)(H,16,17,18). The molecule has 98 valence electrons. The van der Waals surface area contributed by atoms with Gasteiger partial charge in [-0.15, -0.1) is 0 Å². The summed E-state index contributed by atoms with van der Waals surface area (Å²) in [5, 5.41) is 6.16. The second kappa shape index (κ2) is 5.86. The Labute approximate surface area is 120 Å². The summed E-state index contributed by atoms with van der Waals surface area (Å²) in [4.78, 5) is 18.9. The lowest BCUT2D eigenvalue weighted by Crippen LogP contribution is -2.05. The molecule has 0 saturated carbocycles. The minimum atomic E-state index is -0.120. The van der Waals surface area contributed by atoms with Gasteiger partial charge in [0.25, 0.3) is 0 Å². The van der Waals surface area contributed by atoms with Crippen LogP contribution in [0.15, 0.2) is 30.3 Å². The van der Waals surface area contributed by atoms with E-state index in [1.807, 2.05) is 0 Å². The van der Waals surface area contributed by atoms with Gasteiger partial charge in [0, 0.05) is 24.4 Å². The highest BCUT2D eigenvalue weighted by atomic mass is 35.5. The number of amides is 1. The molecule has 5 nitrogen and oxygen atoms in total. The van der Waals surface area contributed by atoms with Gasteiger partial charge in [-0.2, -0.15) is 0 Å². The van der Waals surface area contributed by atoms with Crippen LogP contribution < -0.4 is 10.6 Å². The van der Waals surface area contributed by atoms with Gasteiger partial charge in [0.1, 0.15) is 10.3 Å². The molecule has 1 amide bonds. The number of nitrogens with one attached hydrogen (secondary N) is 2. The molecule has 2 rings (SSSR count). The lowest BCUT2D eigenvalue weighted by Gasteiger charge is -2.07. The maximum Gasteiger partial charge on any atom is 0.230 e. The number of nitrogens with zero attached hydrogens (tertiary/aromatic N) is 2. The monoisotopic (exact) mass is 296 g/mol. The average Bonchev–Trinajstić information content (AvgIpc) is 2.29. The molecule has 1 heterocycles. The van der Waals surface area contributed by atoms with E-state index in [0.29, 0.717) is 11.6 Å². The normalized spacial score (nSPS) is 10.1. The Kier molecular flexibility index (Phi) is 4.19. The van der Waals surface area contributed by atoms with E-state index in [2.05, 4.69) is 20.6 Å². The fourth-order valence-electron chi connectivity index (χ4n) is 1.42. The van der Waals surface area contributed by atoms with Crippen molar-refractivity contribution >= 4 is 46.4 Å². The molecule has 0 saturated heterocycles. The highest BCUT2D eigenvalue weighted by Crippen LogP contribution is 2.19. The number of aromatic nitrogens is 2. The quantitative estimate of drug-likeness (QED) is 0.851. The highest BCUT2D eigenvalue weighted by molar-refractivity contribution is 6.33. The van der Waals surface area contributed by atoms with Gasteiger partial charge in [0.15, 0.2) is 0 Å². The van der Waals surface area contributed by atoms with Crippen molar-refractivity contribution in [3.8, 4) is 0 Å². The zero-order chi connectivity index (χ0) is 13.8. The predicted molar refractivity (Wildman–Crippen MR) is 76.1 cm³/mol. The summed E-state index contributed by atoms with van der Waals surface area (Å²) in [5.74, 6) is 0.190. The predicted octanol–water partition coefficient (Wildman–Crippen LogP) is 3.49. The van der Waals surface area contributed by atoms with E-state index in [-0.39, 0.29) is 16.2 Å². The maximum atomic E-state index is 10.9. The maximum absolute atomic E-state index is 10.9. The molecule has 19 heavy (non-hydrogen) atoms. The lowest BCUT2D eigenvalue weighted by molar-refractivity contribution is -0.114. The van der Waals surface area contributed by atoms with Gasteiger partial charge in [-0.1, -0.05) is 23.2 Å². The Hall–Kier alpha value is -1.85. The van der Waals surface area contributed by atoms with Crippen LogP contribution in [0.25, 0.3) is 0 Å². The third kappa shape index (κ3) is 4.08. The van der Waals surface area contributed by atoms with Crippen LogP contribution in [0.5, 0.6) is 0 Å². The number of carbonyl (C=O) groups excluding carboxylic acids is 1. The number of benzene rings is 1. The van der Waals surface area contributed by atoms with Crippen molar-refractivity contribution in [1.82, 2.24) is 9.97 Å². The largest absolute Gasteiger partial charge is 0.326 e. The van der Waals surface area contributed by atoms with Gasteiger partial charge in [-0.05, 0) is 24.3 Å². The van der Waals surface area contributed by atoms with Crippen LogP contribution in [0.1, 0.15) is 6.92 Å². The minimum Gasteiger partial charge on any atom is -0.326 e. The number of hydrogen-bond acceptors (Lipinski definition) is 4. The van der Waals surface area contributed by atoms with E-state index in [0.717, 1.165) is 5.69 Å². The molecule has 0 radical (unpaired) electrons. The number of anilines is 3. The van der Waals surface area contributed by atoms with E-state index in [1.54, 1.807) is 24.3 Å². The fourth-order valence-corrected chi connectivity index (χ4v) is 1.84. The number of rotatable bonds is 3. The van der Waals surface area contributed by atoms with E-state index < -0.39 is 0 Å². The van der Waals surface area contributed by atoms with Crippen LogP contribution in [-0.4, -0.2) is 15.9 Å².